The Bertz CT molecular complexity index is 487. The van der Waals surface area contributed by atoms with Crippen LogP contribution in [0.1, 0.15) is 11.3 Å². The minimum atomic E-state index is 0.725. The number of furan rings is 1. The summed E-state index contributed by atoms with van der Waals surface area (Å²) in [4.78, 5) is 4.32. The quantitative estimate of drug-likeness (QED) is 0.736. The first-order valence-corrected chi connectivity index (χ1v) is 5.02. The third-order valence-corrected chi connectivity index (χ3v) is 2.21. The summed E-state index contributed by atoms with van der Waals surface area (Å²) in [5.74, 6) is 1.49. The molecule has 82 valence electrons. The molecule has 0 saturated heterocycles. The number of hydrogen-bond donors (Lipinski definition) is 0. The van der Waals surface area contributed by atoms with E-state index < -0.39 is 0 Å². The van der Waals surface area contributed by atoms with Crippen molar-refractivity contribution in [1.29, 1.82) is 0 Å². The molecule has 1 aromatic heterocycles. The molecule has 0 saturated carbocycles. The maximum absolute atomic E-state index is 5.25. The van der Waals surface area contributed by atoms with Crippen molar-refractivity contribution in [2.24, 2.45) is 4.99 Å². The summed E-state index contributed by atoms with van der Waals surface area (Å²) in [6.45, 7) is 2.02. The highest BCUT2D eigenvalue weighted by Gasteiger charge is 2.00. The Morgan fingerprint density at radius 3 is 2.81 bits per heavy atom. The van der Waals surface area contributed by atoms with Gasteiger partial charge in [-0.3, -0.25) is 0 Å². The summed E-state index contributed by atoms with van der Waals surface area (Å²) in [5, 5.41) is 0. The second kappa shape index (κ2) is 4.66. The molecule has 0 amide bonds. The van der Waals surface area contributed by atoms with Gasteiger partial charge in [-0.05, 0) is 36.8 Å². The van der Waals surface area contributed by atoms with Crippen LogP contribution in [0.4, 0.5) is 5.69 Å². The highest BCUT2D eigenvalue weighted by Crippen LogP contribution is 2.27. The van der Waals surface area contributed by atoms with E-state index in [1.165, 1.54) is 0 Å². The minimum absolute atomic E-state index is 0.725. The Kier molecular flexibility index (Phi) is 3.05. The maximum Gasteiger partial charge on any atom is 0.144 e. The first-order chi connectivity index (χ1) is 7.79. The number of rotatable bonds is 3. The highest BCUT2D eigenvalue weighted by molar-refractivity contribution is 5.79. The van der Waals surface area contributed by atoms with Gasteiger partial charge in [-0.15, -0.1) is 0 Å². The Labute approximate surface area is 94.4 Å². The topological polar surface area (TPSA) is 34.7 Å². The Hall–Kier alpha value is -2.03. The monoisotopic (exact) mass is 215 g/mol. The normalized spacial score (nSPS) is 10.9. The Morgan fingerprint density at radius 2 is 2.19 bits per heavy atom. The van der Waals surface area contributed by atoms with Gasteiger partial charge in [0.05, 0.1) is 19.6 Å². The molecular weight excluding hydrogens is 202 g/mol. The zero-order chi connectivity index (χ0) is 11.4. The number of aryl methyl sites for hydroxylation is 1. The zero-order valence-corrected chi connectivity index (χ0v) is 9.31. The summed E-state index contributed by atoms with van der Waals surface area (Å²) in [5.41, 5.74) is 1.94. The van der Waals surface area contributed by atoms with E-state index in [1.54, 1.807) is 19.6 Å². The van der Waals surface area contributed by atoms with Crippen LogP contribution in [0.2, 0.25) is 0 Å². The van der Waals surface area contributed by atoms with Crippen LogP contribution in [-0.2, 0) is 0 Å². The summed E-state index contributed by atoms with van der Waals surface area (Å²) in [7, 11) is 1.64. The largest absolute Gasteiger partial charge is 0.494 e. The van der Waals surface area contributed by atoms with Gasteiger partial charge < -0.3 is 9.15 Å². The van der Waals surface area contributed by atoms with Crippen LogP contribution >= 0.6 is 0 Å². The van der Waals surface area contributed by atoms with Gasteiger partial charge >= 0.3 is 0 Å². The molecule has 0 aliphatic carbocycles. The van der Waals surface area contributed by atoms with Gasteiger partial charge in [-0.25, -0.2) is 4.99 Å². The van der Waals surface area contributed by atoms with Crippen molar-refractivity contribution in [3.05, 3.63) is 47.9 Å². The van der Waals surface area contributed by atoms with Crippen molar-refractivity contribution >= 4 is 11.9 Å². The smallest absolute Gasteiger partial charge is 0.144 e. The van der Waals surface area contributed by atoms with E-state index >= 15 is 0 Å². The number of benzene rings is 1. The predicted molar refractivity (Wildman–Crippen MR) is 63.7 cm³/mol. The summed E-state index contributed by atoms with van der Waals surface area (Å²) in [6, 6.07) is 9.55. The summed E-state index contributed by atoms with van der Waals surface area (Å²) < 4.78 is 10.4. The van der Waals surface area contributed by atoms with Gasteiger partial charge in [-0.2, -0.15) is 0 Å². The molecule has 3 heteroatoms. The van der Waals surface area contributed by atoms with Gasteiger partial charge in [0.1, 0.15) is 17.2 Å². The molecule has 3 nitrogen and oxygen atoms in total. The molecule has 0 aliphatic heterocycles. The lowest BCUT2D eigenvalue weighted by Crippen LogP contribution is -1.85. The van der Waals surface area contributed by atoms with Crippen molar-refractivity contribution in [2.45, 2.75) is 6.92 Å². The van der Waals surface area contributed by atoms with Crippen molar-refractivity contribution in [3.63, 3.8) is 0 Å². The van der Waals surface area contributed by atoms with E-state index in [4.69, 9.17) is 9.15 Å². The molecule has 0 fully saturated rings. The summed E-state index contributed by atoms with van der Waals surface area (Å²) >= 11 is 0. The lowest BCUT2D eigenvalue weighted by Gasteiger charge is -2.04. The van der Waals surface area contributed by atoms with E-state index in [2.05, 4.69) is 4.99 Å². The lowest BCUT2D eigenvalue weighted by molar-refractivity contribution is 0.416. The van der Waals surface area contributed by atoms with Crippen LogP contribution in [0.3, 0.4) is 0 Å². The van der Waals surface area contributed by atoms with Crippen molar-refractivity contribution in [3.8, 4) is 5.75 Å². The van der Waals surface area contributed by atoms with Gasteiger partial charge in [0.15, 0.2) is 0 Å². The van der Waals surface area contributed by atoms with Crippen molar-refractivity contribution < 1.29 is 9.15 Å². The van der Waals surface area contributed by atoms with E-state index in [9.17, 15) is 0 Å². The van der Waals surface area contributed by atoms with Gasteiger partial charge in [0.25, 0.3) is 0 Å². The molecule has 0 aliphatic rings. The van der Waals surface area contributed by atoms with Crippen LogP contribution in [0.15, 0.2) is 46.0 Å². The number of ether oxygens (including phenoxy) is 1. The fourth-order valence-corrected chi connectivity index (χ4v) is 1.39. The Balaban J connectivity index is 2.27. The van der Waals surface area contributed by atoms with Crippen LogP contribution in [0.5, 0.6) is 5.75 Å². The second-order valence-corrected chi connectivity index (χ2v) is 3.45. The van der Waals surface area contributed by atoms with Gasteiger partial charge in [-0.1, -0.05) is 6.07 Å². The van der Waals surface area contributed by atoms with E-state index in [-0.39, 0.29) is 0 Å². The fourth-order valence-electron chi connectivity index (χ4n) is 1.39. The molecule has 0 spiro atoms. The highest BCUT2D eigenvalue weighted by atomic mass is 16.5. The molecule has 1 aromatic carbocycles. The second-order valence-electron chi connectivity index (χ2n) is 3.45. The standard InChI is InChI=1S/C13H13NO2/c1-10-5-6-12(13(8-10)15-2)14-9-11-4-3-7-16-11/h3-9H,1-2H3/b14-9+. The van der Waals surface area contributed by atoms with Gasteiger partial charge in [0, 0.05) is 0 Å². The minimum Gasteiger partial charge on any atom is -0.494 e. The zero-order valence-electron chi connectivity index (χ0n) is 9.31. The van der Waals surface area contributed by atoms with Crippen LogP contribution in [0.25, 0.3) is 0 Å². The summed E-state index contributed by atoms with van der Waals surface area (Å²) in [6.07, 6.45) is 3.29. The first-order valence-electron chi connectivity index (χ1n) is 5.02. The molecule has 2 aromatic rings. The third kappa shape index (κ3) is 2.31. The van der Waals surface area contributed by atoms with Crippen molar-refractivity contribution in [2.75, 3.05) is 7.11 Å². The Morgan fingerprint density at radius 1 is 1.31 bits per heavy atom. The number of nitrogens with zero attached hydrogens (tertiary/aromatic N) is 1. The first kappa shape index (κ1) is 10.5. The fraction of sp³-hybridized carbons (Fsp3) is 0.154. The SMILES string of the molecule is COc1cc(C)ccc1/N=C/c1ccco1. The molecule has 0 unspecified atom stereocenters. The average molecular weight is 215 g/mol. The molecule has 0 N–H and O–H groups in total. The molecule has 16 heavy (non-hydrogen) atoms. The average Bonchev–Trinajstić information content (AvgIpc) is 2.80. The number of hydrogen-bond acceptors (Lipinski definition) is 3. The third-order valence-electron chi connectivity index (χ3n) is 2.21. The van der Waals surface area contributed by atoms with Crippen LogP contribution in [-0.4, -0.2) is 13.3 Å². The number of aliphatic imine (C=N–C) groups is 1. The molecule has 2 rings (SSSR count). The van der Waals surface area contributed by atoms with Crippen molar-refractivity contribution in [1.82, 2.24) is 0 Å². The molecule has 0 radical (unpaired) electrons. The van der Waals surface area contributed by atoms with Gasteiger partial charge in [0.2, 0.25) is 0 Å². The maximum atomic E-state index is 5.25. The molecule has 1 heterocycles. The predicted octanol–water partition coefficient (Wildman–Crippen LogP) is 3.35. The van der Waals surface area contributed by atoms with E-state index in [0.717, 1.165) is 22.8 Å². The van der Waals surface area contributed by atoms with E-state index in [1.807, 2.05) is 37.3 Å². The molecule has 0 atom stereocenters. The molecular formula is C13H13NO2. The molecule has 0 bridgehead atoms. The van der Waals surface area contributed by atoms with Crippen LogP contribution in [0, 0.1) is 6.92 Å². The van der Waals surface area contributed by atoms with E-state index in [0.29, 0.717) is 0 Å². The van der Waals surface area contributed by atoms with Crippen LogP contribution < -0.4 is 4.74 Å². The lowest BCUT2D eigenvalue weighted by atomic mass is 10.2. The number of methoxy groups -OCH3 is 1.